The molecule has 0 heterocycles. The van der Waals surface area contributed by atoms with Gasteiger partial charge in [0, 0.05) is 9.86 Å². The van der Waals surface area contributed by atoms with E-state index < -0.39 is 0 Å². The molecule has 0 fully saturated rings. The van der Waals surface area contributed by atoms with Crippen LogP contribution in [0.15, 0.2) is 34.8 Å². The molecule has 0 aromatic heterocycles. The molecule has 2 aromatic carbocycles. The first-order valence-electron chi connectivity index (χ1n) is 5.01. The number of ether oxygens (including phenoxy) is 1. The van der Waals surface area contributed by atoms with Crippen molar-refractivity contribution in [2.24, 2.45) is 0 Å². The zero-order chi connectivity index (χ0) is 10.8. The van der Waals surface area contributed by atoms with Gasteiger partial charge in [0.05, 0.1) is 7.11 Å². The first-order chi connectivity index (χ1) is 7.26. The van der Waals surface area contributed by atoms with E-state index in [9.17, 15) is 0 Å². The van der Waals surface area contributed by atoms with Crippen LogP contribution in [0.5, 0.6) is 5.75 Å². The van der Waals surface area contributed by atoms with Crippen molar-refractivity contribution in [2.75, 3.05) is 7.11 Å². The number of benzene rings is 2. The Kier molecular flexibility index (Phi) is 2.96. The van der Waals surface area contributed by atoms with Crippen LogP contribution in [0, 0.1) is 0 Å². The van der Waals surface area contributed by atoms with Crippen LogP contribution in [0.2, 0.25) is 0 Å². The molecule has 2 heteroatoms. The highest BCUT2D eigenvalue weighted by atomic mass is 79.9. The summed E-state index contributed by atoms with van der Waals surface area (Å²) in [6.45, 7) is 2.16. The summed E-state index contributed by atoms with van der Waals surface area (Å²) in [5.41, 5.74) is 1.33. The fraction of sp³-hybridized carbons (Fsp3) is 0.231. The van der Waals surface area contributed by atoms with Gasteiger partial charge in [0.25, 0.3) is 0 Å². The molecule has 15 heavy (non-hydrogen) atoms. The number of fused-ring (bicyclic) bond motifs is 1. The quantitative estimate of drug-likeness (QED) is 0.791. The van der Waals surface area contributed by atoms with Crippen LogP contribution in [0.25, 0.3) is 10.8 Å². The smallest absolute Gasteiger partial charge is 0.126 e. The van der Waals surface area contributed by atoms with Gasteiger partial charge in [-0.3, -0.25) is 0 Å². The van der Waals surface area contributed by atoms with E-state index >= 15 is 0 Å². The lowest BCUT2D eigenvalue weighted by Crippen LogP contribution is -1.87. The van der Waals surface area contributed by atoms with Gasteiger partial charge in [0.1, 0.15) is 5.75 Å². The molecule has 0 atom stereocenters. The van der Waals surface area contributed by atoms with Crippen LogP contribution in [-0.4, -0.2) is 7.11 Å². The van der Waals surface area contributed by atoms with Gasteiger partial charge in [-0.1, -0.05) is 35.0 Å². The molecule has 0 aliphatic heterocycles. The molecule has 78 valence electrons. The third kappa shape index (κ3) is 1.86. The van der Waals surface area contributed by atoms with Crippen molar-refractivity contribution in [2.45, 2.75) is 13.3 Å². The fourth-order valence-electron chi connectivity index (χ4n) is 1.73. The number of aryl methyl sites for hydroxylation is 1. The number of hydrogen-bond acceptors (Lipinski definition) is 1. The first-order valence-corrected chi connectivity index (χ1v) is 5.80. The van der Waals surface area contributed by atoms with Gasteiger partial charge < -0.3 is 4.74 Å². The fourth-order valence-corrected chi connectivity index (χ4v) is 2.21. The first kappa shape index (κ1) is 10.5. The molecule has 0 spiro atoms. The summed E-state index contributed by atoms with van der Waals surface area (Å²) in [6.07, 6.45) is 1.05. The molecule has 0 aliphatic carbocycles. The second-order valence-electron chi connectivity index (χ2n) is 3.48. The van der Waals surface area contributed by atoms with Gasteiger partial charge in [-0.2, -0.15) is 0 Å². The predicted molar refractivity (Wildman–Crippen MR) is 67.6 cm³/mol. The summed E-state index contributed by atoms with van der Waals surface area (Å²) in [7, 11) is 1.71. The summed E-state index contributed by atoms with van der Waals surface area (Å²) < 4.78 is 6.47. The van der Waals surface area contributed by atoms with E-state index in [4.69, 9.17) is 4.74 Å². The van der Waals surface area contributed by atoms with Crippen LogP contribution in [0.3, 0.4) is 0 Å². The highest BCUT2D eigenvalue weighted by Gasteiger charge is 2.05. The van der Waals surface area contributed by atoms with E-state index in [-0.39, 0.29) is 0 Å². The van der Waals surface area contributed by atoms with Gasteiger partial charge in [-0.05, 0) is 35.6 Å². The SMILES string of the molecule is CCc1ccc2c(Br)ccc(OC)c2c1. The van der Waals surface area contributed by atoms with Gasteiger partial charge in [0.2, 0.25) is 0 Å². The van der Waals surface area contributed by atoms with Crippen molar-refractivity contribution in [3.63, 3.8) is 0 Å². The molecular formula is C13H13BrO. The minimum absolute atomic E-state index is 0.934. The zero-order valence-corrected chi connectivity index (χ0v) is 10.5. The lowest BCUT2D eigenvalue weighted by molar-refractivity contribution is 0.420. The summed E-state index contributed by atoms with van der Waals surface area (Å²) in [5, 5.41) is 2.37. The molecule has 2 rings (SSSR count). The van der Waals surface area contributed by atoms with Gasteiger partial charge in [-0.25, -0.2) is 0 Å². The minimum atomic E-state index is 0.934. The monoisotopic (exact) mass is 264 g/mol. The van der Waals surface area contributed by atoms with Crippen LogP contribution < -0.4 is 4.74 Å². The summed E-state index contributed by atoms with van der Waals surface area (Å²) in [4.78, 5) is 0. The van der Waals surface area contributed by atoms with Gasteiger partial charge >= 0.3 is 0 Å². The maximum atomic E-state index is 5.36. The van der Waals surface area contributed by atoms with Crippen molar-refractivity contribution in [1.82, 2.24) is 0 Å². The summed E-state index contributed by atoms with van der Waals surface area (Å²) in [5.74, 6) is 0.934. The normalized spacial score (nSPS) is 10.6. The van der Waals surface area contributed by atoms with Crippen LogP contribution in [0.1, 0.15) is 12.5 Å². The molecule has 1 nitrogen and oxygen atoms in total. The second kappa shape index (κ2) is 4.23. The largest absolute Gasteiger partial charge is 0.496 e. The molecule has 0 saturated carbocycles. The highest BCUT2D eigenvalue weighted by molar-refractivity contribution is 9.10. The molecular weight excluding hydrogens is 252 g/mol. The van der Waals surface area contributed by atoms with E-state index in [0.29, 0.717) is 0 Å². The van der Waals surface area contributed by atoms with Crippen LogP contribution in [-0.2, 0) is 6.42 Å². The molecule has 2 aromatic rings. The predicted octanol–water partition coefficient (Wildman–Crippen LogP) is 4.17. The van der Waals surface area contributed by atoms with Gasteiger partial charge in [-0.15, -0.1) is 0 Å². The van der Waals surface area contributed by atoms with Crippen LogP contribution in [0.4, 0.5) is 0 Å². The molecule has 0 bridgehead atoms. The number of halogens is 1. The van der Waals surface area contributed by atoms with E-state index in [0.717, 1.165) is 16.6 Å². The Morgan fingerprint density at radius 3 is 2.60 bits per heavy atom. The Morgan fingerprint density at radius 1 is 1.13 bits per heavy atom. The average Bonchev–Trinajstić information content (AvgIpc) is 2.29. The molecule has 0 aliphatic rings. The Bertz CT molecular complexity index is 491. The number of hydrogen-bond donors (Lipinski definition) is 0. The summed E-state index contributed by atoms with van der Waals surface area (Å²) >= 11 is 3.55. The Hall–Kier alpha value is -1.02. The topological polar surface area (TPSA) is 9.23 Å². The lowest BCUT2D eigenvalue weighted by atomic mass is 10.0. The van der Waals surface area contributed by atoms with Crippen LogP contribution >= 0.6 is 15.9 Å². The number of rotatable bonds is 2. The minimum Gasteiger partial charge on any atom is -0.496 e. The van der Waals surface area contributed by atoms with E-state index in [1.54, 1.807) is 7.11 Å². The lowest BCUT2D eigenvalue weighted by Gasteiger charge is -2.08. The molecule has 0 amide bonds. The van der Waals surface area contributed by atoms with Crippen molar-refractivity contribution in [3.8, 4) is 5.75 Å². The average molecular weight is 265 g/mol. The van der Waals surface area contributed by atoms with E-state index in [2.05, 4.69) is 41.1 Å². The Balaban J connectivity index is 2.77. The molecule has 0 unspecified atom stereocenters. The summed E-state index contributed by atoms with van der Waals surface area (Å²) in [6, 6.07) is 10.5. The molecule has 0 saturated heterocycles. The standard InChI is InChI=1S/C13H13BrO/c1-3-9-4-5-10-11(8-9)13(15-2)7-6-12(10)14/h4-8H,3H2,1-2H3. The van der Waals surface area contributed by atoms with Crippen molar-refractivity contribution in [1.29, 1.82) is 0 Å². The third-order valence-electron chi connectivity index (χ3n) is 2.62. The third-order valence-corrected chi connectivity index (χ3v) is 3.31. The van der Waals surface area contributed by atoms with Crippen molar-refractivity contribution in [3.05, 3.63) is 40.4 Å². The van der Waals surface area contributed by atoms with Crippen molar-refractivity contribution < 1.29 is 4.74 Å². The van der Waals surface area contributed by atoms with Crippen molar-refractivity contribution >= 4 is 26.7 Å². The Morgan fingerprint density at radius 2 is 1.93 bits per heavy atom. The maximum Gasteiger partial charge on any atom is 0.126 e. The van der Waals surface area contributed by atoms with E-state index in [1.807, 2.05) is 12.1 Å². The van der Waals surface area contributed by atoms with Gasteiger partial charge in [0.15, 0.2) is 0 Å². The Labute approximate surface area is 98.2 Å². The van der Waals surface area contributed by atoms with E-state index in [1.165, 1.54) is 16.3 Å². The highest BCUT2D eigenvalue weighted by Crippen LogP contribution is 2.32. The maximum absolute atomic E-state index is 5.36. The number of methoxy groups -OCH3 is 1. The molecule has 0 N–H and O–H groups in total. The second-order valence-corrected chi connectivity index (χ2v) is 4.34. The molecule has 0 radical (unpaired) electrons. The zero-order valence-electron chi connectivity index (χ0n) is 8.88.